The molecule has 0 saturated heterocycles. The second-order valence-electron chi connectivity index (χ2n) is 4.31. The van der Waals surface area contributed by atoms with Crippen LogP contribution in [0.2, 0.25) is 0 Å². The van der Waals surface area contributed by atoms with E-state index in [1.54, 1.807) is 6.92 Å². The second kappa shape index (κ2) is 5.69. The lowest BCUT2D eigenvalue weighted by Gasteiger charge is -2.21. The van der Waals surface area contributed by atoms with Crippen molar-refractivity contribution in [1.82, 2.24) is 0 Å². The van der Waals surface area contributed by atoms with Gasteiger partial charge in [-0.2, -0.15) is 0 Å². The van der Waals surface area contributed by atoms with Gasteiger partial charge < -0.3 is 10.1 Å². The van der Waals surface area contributed by atoms with Gasteiger partial charge in [0.1, 0.15) is 5.69 Å². The summed E-state index contributed by atoms with van der Waals surface area (Å²) in [7, 11) is 0. The van der Waals surface area contributed by atoms with E-state index in [2.05, 4.69) is 5.32 Å². The molecule has 0 spiro atoms. The number of nitrogens with one attached hydrogen (secondary N) is 1. The van der Waals surface area contributed by atoms with E-state index in [1.165, 1.54) is 0 Å². The number of hydrogen-bond donors (Lipinski definition) is 1. The normalized spacial score (nSPS) is 12.3. The Labute approximate surface area is 111 Å². The van der Waals surface area contributed by atoms with Crippen LogP contribution in [0.5, 0.6) is 5.75 Å². The van der Waals surface area contributed by atoms with E-state index >= 15 is 0 Å². The number of rotatable bonds is 6. The van der Waals surface area contributed by atoms with Crippen LogP contribution in [0, 0.1) is 0 Å². The molecule has 2 aromatic rings. The number of anilines is 1. The Morgan fingerprint density at radius 3 is 2.37 bits per heavy atom. The highest BCUT2D eigenvalue weighted by Gasteiger charge is 2.24. The lowest BCUT2D eigenvalue weighted by atomic mass is 10.0. The van der Waals surface area contributed by atoms with Crippen LogP contribution in [-0.4, -0.2) is 6.61 Å². The zero-order valence-corrected chi connectivity index (χ0v) is 11.1. The molecule has 0 aromatic heterocycles. The first kappa shape index (κ1) is 13.3. The summed E-state index contributed by atoms with van der Waals surface area (Å²) < 4.78 is 5.20. The van der Waals surface area contributed by atoms with Crippen LogP contribution in [0.3, 0.4) is 0 Å². The molecule has 1 atom stereocenters. The largest absolute Gasteiger partial charge is 0.488 e. The van der Waals surface area contributed by atoms with Crippen molar-refractivity contribution in [2.24, 2.45) is 0 Å². The molecule has 0 amide bonds. The smallest absolute Gasteiger partial charge is 0.272 e. The van der Waals surface area contributed by atoms with E-state index < -0.39 is 10.9 Å². The van der Waals surface area contributed by atoms with Crippen molar-refractivity contribution in [2.45, 2.75) is 26.3 Å². The van der Waals surface area contributed by atoms with Gasteiger partial charge in [-0.15, -0.1) is 0 Å². The van der Waals surface area contributed by atoms with Crippen molar-refractivity contribution in [3.05, 3.63) is 56.3 Å². The monoisotopic (exact) mass is 259 g/mol. The van der Waals surface area contributed by atoms with E-state index in [4.69, 9.17) is 4.74 Å². The fourth-order valence-corrected chi connectivity index (χ4v) is 2.06. The number of benzene rings is 1. The highest BCUT2D eigenvalue weighted by Crippen LogP contribution is 2.25. The molecule has 4 heteroatoms. The van der Waals surface area contributed by atoms with Crippen molar-refractivity contribution in [3.63, 3.8) is 0 Å². The summed E-state index contributed by atoms with van der Waals surface area (Å²) in [6.07, 6.45) is 0.814. The van der Waals surface area contributed by atoms with E-state index in [-0.39, 0.29) is 11.8 Å². The van der Waals surface area contributed by atoms with Crippen molar-refractivity contribution < 1.29 is 4.74 Å². The number of hydrogen-bond acceptors (Lipinski definition) is 4. The van der Waals surface area contributed by atoms with E-state index in [0.717, 1.165) is 12.0 Å². The Morgan fingerprint density at radius 2 is 1.79 bits per heavy atom. The van der Waals surface area contributed by atoms with Crippen LogP contribution in [0.4, 0.5) is 5.69 Å². The summed E-state index contributed by atoms with van der Waals surface area (Å²) in [5.41, 5.74) is 0.369. The number of ether oxygens (including phenoxy) is 1. The van der Waals surface area contributed by atoms with Gasteiger partial charge in [-0.25, -0.2) is 0 Å². The molecule has 19 heavy (non-hydrogen) atoms. The molecular weight excluding hydrogens is 242 g/mol. The average molecular weight is 259 g/mol. The van der Waals surface area contributed by atoms with Crippen LogP contribution in [0.15, 0.2) is 39.9 Å². The summed E-state index contributed by atoms with van der Waals surface area (Å²) in [4.78, 5) is 23.0. The molecule has 0 fully saturated rings. The van der Waals surface area contributed by atoms with Crippen molar-refractivity contribution in [2.75, 3.05) is 11.9 Å². The maximum absolute atomic E-state index is 11.6. The van der Waals surface area contributed by atoms with Gasteiger partial charge in [-0.05, 0) is 18.9 Å². The quantitative estimate of drug-likeness (QED) is 0.808. The van der Waals surface area contributed by atoms with Gasteiger partial charge in [0.05, 0.1) is 12.6 Å². The molecule has 100 valence electrons. The summed E-state index contributed by atoms with van der Waals surface area (Å²) in [5.74, 6) is 0.168. The topological polar surface area (TPSA) is 55.4 Å². The SMILES string of the molecule is CCOc1c(N[C@H](CC)c2ccccc2)c(=O)c1=O. The zero-order valence-electron chi connectivity index (χ0n) is 11.1. The molecular formula is C15H17NO3. The summed E-state index contributed by atoms with van der Waals surface area (Å²) in [6, 6.07) is 9.83. The Hall–Kier alpha value is -2.10. The predicted octanol–water partition coefficient (Wildman–Crippen LogP) is 2.24. The molecule has 2 aromatic carbocycles. The highest BCUT2D eigenvalue weighted by molar-refractivity contribution is 5.62. The maximum atomic E-state index is 11.6. The first-order chi connectivity index (χ1) is 9.19. The van der Waals surface area contributed by atoms with Gasteiger partial charge in [0.25, 0.3) is 10.9 Å². The second-order valence-corrected chi connectivity index (χ2v) is 4.31. The van der Waals surface area contributed by atoms with Crippen LogP contribution in [0.25, 0.3) is 0 Å². The summed E-state index contributed by atoms with van der Waals surface area (Å²) in [6.45, 7) is 4.19. The molecule has 2 rings (SSSR count). The highest BCUT2D eigenvalue weighted by atomic mass is 16.5. The molecule has 0 aliphatic carbocycles. The predicted molar refractivity (Wildman–Crippen MR) is 75.6 cm³/mol. The van der Waals surface area contributed by atoms with Crippen LogP contribution >= 0.6 is 0 Å². The molecule has 0 radical (unpaired) electrons. The van der Waals surface area contributed by atoms with E-state index in [0.29, 0.717) is 12.3 Å². The minimum Gasteiger partial charge on any atom is -0.488 e. The third-order valence-electron chi connectivity index (χ3n) is 3.08. The van der Waals surface area contributed by atoms with Gasteiger partial charge in [0, 0.05) is 0 Å². The van der Waals surface area contributed by atoms with Gasteiger partial charge in [-0.1, -0.05) is 37.3 Å². The molecule has 0 saturated carbocycles. The van der Waals surface area contributed by atoms with E-state index in [1.807, 2.05) is 37.3 Å². The summed E-state index contributed by atoms with van der Waals surface area (Å²) >= 11 is 0. The lowest BCUT2D eigenvalue weighted by Crippen LogP contribution is -2.36. The Kier molecular flexibility index (Phi) is 4.00. The van der Waals surface area contributed by atoms with Crippen LogP contribution < -0.4 is 20.9 Å². The molecule has 1 N–H and O–H groups in total. The molecule has 0 unspecified atom stereocenters. The van der Waals surface area contributed by atoms with Crippen molar-refractivity contribution in [3.8, 4) is 5.75 Å². The molecule has 0 heterocycles. The Balaban J connectivity index is 2.23. The third kappa shape index (κ3) is 2.52. The third-order valence-corrected chi connectivity index (χ3v) is 3.08. The molecule has 0 bridgehead atoms. The van der Waals surface area contributed by atoms with Crippen LogP contribution in [-0.2, 0) is 0 Å². The Morgan fingerprint density at radius 1 is 1.11 bits per heavy atom. The lowest BCUT2D eigenvalue weighted by molar-refractivity contribution is 0.334. The fourth-order valence-electron chi connectivity index (χ4n) is 2.06. The Bertz CT molecular complexity index is 612. The van der Waals surface area contributed by atoms with Crippen molar-refractivity contribution >= 4 is 5.69 Å². The van der Waals surface area contributed by atoms with E-state index in [9.17, 15) is 9.59 Å². The first-order valence-corrected chi connectivity index (χ1v) is 6.46. The average Bonchev–Trinajstić information content (AvgIpc) is 2.47. The molecule has 0 aliphatic rings. The van der Waals surface area contributed by atoms with Gasteiger partial charge in [0.2, 0.25) is 0 Å². The first-order valence-electron chi connectivity index (χ1n) is 6.46. The van der Waals surface area contributed by atoms with Gasteiger partial charge >= 0.3 is 0 Å². The minimum atomic E-state index is -0.535. The summed E-state index contributed by atoms with van der Waals surface area (Å²) in [5, 5.41) is 3.12. The maximum Gasteiger partial charge on any atom is 0.272 e. The van der Waals surface area contributed by atoms with Crippen LogP contribution in [0.1, 0.15) is 31.9 Å². The molecule has 0 aliphatic heterocycles. The van der Waals surface area contributed by atoms with Crippen molar-refractivity contribution in [1.29, 1.82) is 0 Å². The minimum absolute atomic E-state index is 0.00343. The van der Waals surface area contributed by atoms with Gasteiger partial charge in [0.15, 0.2) is 5.75 Å². The standard InChI is InChI=1S/C15H17NO3/c1-3-11(10-8-6-5-7-9-10)16-12-13(17)14(18)15(12)19-4-2/h5-9,11,16H,3-4H2,1-2H3/t11-/m1/s1. The zero-order chi connectivity index (χ0) is 13.8. The fraction of sp³-hybridized carbons (Fsp3) is 0.333. The molecule has 4 nitrogen and oxygen atoms in total. The van der Waals surface area contributed by atoms with Gasteiger partial charge in [-0.3, -0.25) is 9.59 Å².